The molecule has 0 N–H and O–H groups in total. The van der Waals surface area contributed by atoms with Crippen molar-refractivity contribution in [1.29, 1.82) is 5.26 Å². The van der Waals surface area contributed by atoms with Crippen molar-refractivity contribution < 1.29 is 0 Å². The van der Waals surface area contributed by atoms with Gasteiger partial charge in [0.15, 0.2) is 0 Å². The number of hydrogen-bond donors (Lipinski definition) is 0. The van der Waals surface area contributed by atoms with Crippen LogP contribution >= 0.6 is 0 Å². The molecule has 0 aliphatic carbocycles. The molecule has 3 heteroatoms. The molecule has 0 spiro atoms. The van der Waals surface area contributed by atoms with Crippen LogP contribution in [0.3, 0.4) is 0 Å². The standard InChI is InChI=1S/C13H17N3/c1-13(2)5-8-16(9-6-13)12-11(10-14)4-3-7-15-12/h3-4,7H,5-6,8-9H2,1-2H3. The van der Waals surface area contributed by atoms with Gasteiger partial charge < -0.3 is 4.90 Å². The average molecular weight is 215 g/mol. The van der Waals surface area contributed by atoms with Gasteiger partial charge in [-0.3, -0.25) is 0 Å². The molecule has 84 valence electrons. The highest BCUT2D eigenvalue weighted by Gasteiger charge is 2.26. The molecular weight excluding hydrogens is 198 g/mol. The van der Waals surface area contributed by atoms with E-state index in [0.29, 0.717) is 11.0 Å². The Morgan fingerprint density at radius 3 is 2.69 bits per heavy atom. The minimum atomic E-state index is 0.429. The maximum absolute atomic E-state index is 9.04. The average Bonchev–Trinajstić information content (AvgIpc) is 2.29. The van der Waals surface area contributed by atoms with Crippen LogP contribution in [0.2, 0.25) is 0 Å². The highest BCUT2D eigenvalue weighted by atomic mass is 15.2. The summed E-state index contributed by atoms with van der Waals surface area (Å²) in [6.45, 7) is 6.60. The molecule has 3 nitrogen and oxygen atoms in total. The smallest absolute Gasteiger partial charge is 0.146 e. The lowest BCUT2D eigenvalue weighted by Gasteiger charge is -2.37. The number of pyridine rings is 1. The van der Waals surface area contributed by atoms with Gasteiger partial charge in [0.1, 0.15) is 11.9 Å². The van der Waals surface area contributed by atoms with E-state index in [1.165, 1.54) is 0 Å². The third-order valence-electron chi connectivity index (χ3n) is 3.32. The Morgan fingerprint density at radius 2 is 2.06 bits per heavy atom. The van der Waals surface area contributed by atoms with E-state index in [2.05, 4.69) is 29.8 Å². The summed E-state index contributed by atoms with van der Waals surface area (Å²) >= 11 is 0. The van der Waals surface area contributed by atoms with Gasteiger partial charge in [0.25, 0.3) is 0 Å². The highest BCUT2D eigenvalue weighted by molar-refractivity contribution is 5.53. The van der Waals surface area contributed by atoms with Gasteiger partial charge in [-0.05, 0) is 30.4 Å². The highest BCUT2D eigenvalue weighted by Crippen LogP contribution is 2.32. The van der Waals surface area contributed by atoms with Gasteiger partial charge in [-0.25, -0.2) is 4.98 Å². The number of nitriles is 1. The lowest BCUT2D eigenvalue weighted by Crippen LogP contribution is -2.38. The lowest BCUT2D eigenvalue weighted by molar-refractivity contribution is 0.279. The topological polar surface area (TPSA) is 39.9 Å². The van der Waals surface area contributed by atoms with E-state index in [1.54, 1.807) is 6.20 Å². The molecule has 0 saturated carbocycles. The van der Waals surface area contributed by atoms with Crippen molar-refractivity contribution in [2.45, 2.75) is 26.7 Å². The first-order valence-corrected chi connectivity index (χ1v) is 5.72. The predicted octanol–water partition coefficient (Wildman–Crippen LogP) is 2.58. The first-order valence-electron chi connectivity index (χ1n) is 5.72. The number of anilines is 1. The molecule has 1 aliphatic rings. The zero-order chi connectivity index (χ0) is 11.6. The van der Waals surface area contributed by atoms with Gasteiger partial charge in [-0.1, -0.05) is 13.8 Å². The molecule has 0 radical (unpaired) electrons. The normalized spacial score (nSPS) is 19.2. The van der Waals surface area contributed by atoms with Crippen LogP contribution in [0.15, 0.2) is 18.3 Å². The molecule has 2 rings (SSSR count). The number of piperidine rings is 1. The van der Waals surface area contributed by atoms with Crippen LogP contribution in [-0.2, 0) is 0 Å². The lowest BCUT2D eigenvalue weighted by atomic mass is 9.82. The molecule has 0 unspecified atom stereocenters. The molecule has 1 aromatic heterocycles. The molecule has 1 aromatic rings. The number of aromatic nitrogens is 1. The quantitative estimate of drug-likeness (QED) is 0.723. The number of rotatable bonds is 1. The van der Waals surface area contributed by atoms with E-state index in [9.17, 15) is 0 Å². The van der Waals surface area contributed by atoms with Crippen molar-refractivity contribution in [1.82, 2.24) is 4.98 Å². The maximum atomic E-state index is 9.04. The van der Waals surface area contributed by atoms with Crippen LogP contribution in [0, 0.1) is 16.7 Å². The Hall–Kier alpha value is -1.56. The summed E-state index contributed by atoms with van der Waals surface area (Å²) < 4.78 is 0. The van der Waals surface area contributed by atoms with Crippen molar-refractivity contribution in [2.24, 2.45) is 5.41 Å². The minimum absolute atomic E-state index is 0.429. The zero-order valence-electron chi connectivity index (χ0n) is 9.90. The van der Waals surface area contributed by atoms with Gasteiger partial charge >= 0.3 is 0 Å². The van der Waals surface area contributed by atoms with E-state index in [0.717, 1.165) is 31.7 Å². The maximum Gasteiger partial charge on any atom is 0.146 e. The summed E-state index contributed by atoms with van der Waals surface area (Å²) in [6, 6.07) is 5.86. The first kappa shape index (κ1) is 10.9. The molecular formula is C13H17N3. The molecule has 0 amide bonds. The van der Waals surface area contributed by atoms with E-state index in [4.69, 9.17) is 5.26 Å². The van der Waals surface area contributed by atoms with Crippen LogP contribution in [0.4, 0.5) is 5.82 Å². The van der Waals surface area contributed by atoms with Gasteiger partial charge in [-0.2, -0.15) is 5.26 Å². The molecule has 1 saturated heterocycles. The fraction of sp³-hybridized carbons (Fsp3) is 0.538. The predicted molar refractivity (Wildman–Crippen MR) is 64.2 cm³/mol. The molecule has 2 heterocycles. The minimum Gasteiger partial charge on any atom is -0.355 e. The second kappa shape index (κ2) is 4.13. The second-order valence-electron chi connectivity index (χ2n) is 5.14. The summed E-state index contributed by atoms with van der Waals surface area (Å²) in [5.41, 5.74) is 1.11. The largest absolute Gasteiger partial charge is 0.355 e. The molecule has 0 atom stereocenters. The summed E-state index contributed by atoms with van der Waals surface area (Å²) in [7, 11) is 0. The van der Waals surface area contributed by atoms with Crippen molar-refractivity contribution in [2.75, 3.05) is 18.0 Å². The SMILES string of the molecule is CC1(C)CCN(c2ncccc2C#N)CC1. The zero-order valence-corrected chi connectivity index (χ0v) is 9.90. The fourth-order valence-electron chi connectivity index (χ4n) is 2.06. The van der Waals surface area contributed by atoms with Crippen molar-refractivity contribution in [3.05, 3.63) is 23.9 Å². The molecule has 0 bridgehead atoms. The Bertz CT molecular complexity index is 407. The monoisotopic (exact) mass is 215 g/mol. The van der Waals surface area contributed by atoms with E-state index in [1.807, 2.05) is 12.1 Å². The first-order chi connectivity index (χ1) is 7.62. The number of nitrogens with zero attached hydrogens (tertiary/aromatic N) is 3. The van der Waals surface area contributed by atoms with Gasteiger partial charge in [-0.15, -0.1) is 0 Å². The Kier molecular flexibility index (Phi) is 2.82. The summed E-state index contributed by atoms with van der Waals surface area (Å²) in [6.07, 6.45) is 4.08. The number of hydrogen-bond acceptors (Lipinski definition) is 3. The van der Waals surface area contributed by atoms with Crippen molar-refractivity contribution >= 4 is 5.82 Å². The van der Waals surface area contributed by atoms with Crippen LogP contribution in [0.5, 0.6) is 0 Å². The Labute approximate surface area is 96.7 Å². The fourth-order valence-corrected chi connectivity index (χ4v) is 2.06. The van der Waals surface area contributed by atoms with Gasteiger partial charge in [0, 0.05) is 19.3 Å². The second-order valence-corrected chi connectivity index (χ2v) is 5.14. The van der Waals surface area contributed by atoms with E-state index >= 15 is 0 Å². The molecule has 0 aromatic carbocycles. The molecule has 16 heavy (non-hydrogen) atoms. The Balaban J connectivity index is 2.18. The van der Waals surface area contributed by atoms with Crippen LogP contribution < -0.4 is 4.90 Å². The van der Waals surface area contributed by atoms with Crippen molar-refractivity contribution in [3.63, 3.8) is 0 Å². The van der Waals surface area contributed by atoms with Crippen molar-refractivity contribution in [3.8, 4) is 6.07 Å². The molecule has 1 aliphatic heterocycles. The summed E-state index contributed by atoms with van der Waals surface area (Å²) in [5, 5.41) is 9.04. The molecule has 1 fully saturated rings. The van der Waals surface area contributed by atoms with Gasteiger partial charge in [0.2, 0.25) is 0 Å². The van der Waals surface area contributed by atoms with E-state index in [-0.39, 0.29) is 0 Å². The summed E-state index contributed by atoms with van der Waals surface area (Å²) in [5.74, 6) is 0.848. The van der Waals surface area contributed by atoms with Crippen LogP contribution in [-0.4, -0.2) is 18.1 Å². The van der Waals surface area contributed by atoms with E-state index < -0.39 is 0 Å². The third-order valence-corrected chi connectivity index (χ3v) is 3.32. The van der Waals surface area contributed by atoms with Crippen LogP contribution in [0.25, 0.3) is 0 Å². The van der Waals surface area contributed by atoms with Gasteiger partial charge in [0.05, 0.1) is 5.56 Å². The van der Waals surface area contributed by atoms with Crippen LogP contribution in [0.1, 0.15) is 32.3 Å². The summed E-state index contributed by atoms with van der Waals surface area (Å²) in [4.78, 5) is 6.55. The Morgan fingerprint density at radius 1 is 1.38 bits per heavy atom. The third kappa shape index (κ3) is 2.16.